The Bertz CT molecular complexity index is 1040. The maximum absolute atomic E-state index is 12.4. The Labute approximate surface area is 418 Å². The number of aliphatic hydroxyl groups is 2. The van der Waals surface area contributed by atoms with Gasteiger partial charge in [-0.05, 0) is 57.8 Å². The van der Waals surface area contributed by atoms with Gasteiger partial charge in [0.1, 0.15) is 0 Å². The van der Waals surface area contributed by atoms with Crippen molar-refractivity contribution < 1.29 is 24.5 Å². The number of ether oxygens (including phenoxy) is 1. The molecule has 6 nitrogen and oxygen atoms in total. The van der Waals surface area contributed by atoms with Gasteiger partial charge in [-0.2, -0.15) is 0 Å². The summed E-state index contributed by atoms with van der Waals surface area (Å²) in [7, 11) is 0. The molecule has 0 saturated carbocycles. The Balaban J connectivity index is 3.36. The SMILES string of the molecule is CCCCC/C=C\CCCCCCCC(=O)OCCCCCCCCCCCCCCCCCCCCCCCCCCCCC(=O)NC(CO)C(O)/C=C/CCCCCCCCCCCC. The molecule has 1 amide bonds. The Hall–Kier alpha value is -1.66. The van der Waals surface area contributed by atoms with Gasteiger partial charge in [-0.25, -0.2) is 0 Å². The summed E-state index contributed by atoms with van der Waals surface area (Å²) < 4.78 is 5.47. The topological polar surface area (TPSA) is 95.9 Å². The highest BCUT2D eigenvalue weighted by Crippen LogP contribution is 2.17. The third kappa shape index (κ3) is 53.5. The molecule has 0 spiro atoms. The fraction of sp³-hybridized carbons (Fsp3) is 0.902. The molecule has 0 aromatic heterocycles. The van der Waals surface area contributed by atoms with E-state index in [4.69, 9.17) is 4.74 Å². The highest BCUT2D eigenvalue weighted by atomic mass is 16.5. The monoisotopic (exact) mass is 944 g/mol. The number of allylic oxidation sites excluding steroid dienone is 3. The van der Waals surface area contributed by atoms with Crippen molar-refractivity contribution in [2.75, 3.05) is 13.2 Å². The first-order valence-corrected chi connectivity index (χ1v) is 30.1. The Morgan fingerprint density at radius 2 is 0.701 bits per heavy atom. The summed E-state index contributed by atoms with van der Waals surface area (Å²) in [5, 5.41) is 23.0. The van der Waals surface area contributed by atoms with E-state index < -0.39 is 12.1 Å². The van der Waals surface area contributed by atoms with Crippen LogP contribution < -0.4 is 5.32 Å². The average molecular weight is 945 g/mol. The maximum atomic E-state index is 12.4. The summed E-state index contributed by atoms with van der Waals surface area (Å²) in [5.41, 5.74) is 0. The number of hydrogen-bond acceptors (Lipinski definition) is 5. The summed E-state index contributed by atoms with van der Waals surface area (Å²) >= 11 is 0. The normalized spacial score (nSPS) is 12.7. The van der Waals surface area contributed by atoms with Crippen LogP contribution in [0.1, 0.15) is 328 Å². The van der Waals surface area contributed by atoms with Gasteiger partial charge in [-0.3, -0.25) is 9.59 Å². The minimum Gasteiger partial charge on any atom is -0.466 e. The zero-order chi connectivity index (χ0) is 48.6. The second-order valence-electron chi connectivity index (χ2n) is 20.7. The maximum Gasteiger partial charge on any atom is 0.305 e. The lowest BCUT2D eigenvalue weighted by Crippen LogP contribution is -2.45. The third-order valence-electron chi connectivity index (χ3n) is 14.0. The Morgan fingerprint density at radius 1 is 0.403 bits per heavy atom. The predicted molar refractivity (Wildman–Crippen MR) is 292 cm³/mol. The summed E-state index contributed by atoms with van der Waals surface area (Å²) in [6.07, 6.45) is 69.3. The van der Waals surface area contributed by atoms with Gasteiger partial charge >= 0.3 is 5.97 Å². The number of esters is 1. The van der Waals surface area contributed by atoms with Crippen LogP contribution in [0.15, 0.2) is 24.3 Å². The fourth-order valence-corrected chi connectivity index (χ4v) is 9.34. The van der Waals surface area contributed by atoms with Gasteiger partial charge in [0.25, 0.3) is 0 Å². The second kappa shape index (κ2) is 56.9. The molecule has 0 fully saturated rings. The molecule has 0 aliphatic rings. The molecule has 3 N–H and O–H groups in total. The van der Waals surface area contributed by atoms with Crippen LogP contribution in [-0.4, -0.2) is 47.4 Å². The van der Waals surface area contributed by atoms with Crippen LogP contribution in [0, 0.1) is 0 Å². The third-order valence-corrected chi connectivity index (χ3v) is 14.0. The molecule has 0 aromatic carbocycles. The van der Waals surface area contributed by atoms with E-state index in [0.717, 1.165) is 44.9 Å². The molecule has 2 unspecified atom stereocenters. The van der Waals surface area contributed by atoms with Crippen molar-refractivity contribution in [1.82, 2.24) is 5.32 Å². The largest absolute Gasteiger partial charge is 0.466 e. The highest BCUT2D eigenvalue weighted by Gasteiger charge is 2.18. The Morgan fingerprint density at radius 3 is 1.09 bits per heavy atom. The molecular weight excluding hydrogens is 827 g/mol. The van der Waals surface area contributed by atoms with E-state index in [-0.39, 0.29) is 18.5 Å². The minimum absolute atomic E-state index is 0.00673. The van der Waals surface area contributed by atoms with Crippen LogP contribution in [0.25, 0.3) is 0 Å². The number of hydrogen-bond donors (Lipinski definition) is 3. The summed E-state index contributed by atoms with van der Waals surface area (Å²) in [6.45, 7) is 4.88. The van der Waals surface area contributed by atoms with E-state index in [2.05, 4.69) is 31.3 Å². The molecular formula is C61H117NO5. The molecule has 0 rings (SSSR count). The van der Waals surface area contributed by atoms with Crippen LogP contribution in [-0.2, 0) is 14.3 Å². The van der Waals surface area contributed by atoms with Crippen molar-refractivity contribution in [1.29, 1.82) is 0 Å². The molecule has 0 bridgehead atoms. The average Bonchev–Trinajstić information content (AvgIpc) is 3.33. The number of nitrogens with one attached hydrogen (secondary N) is 1. The number of carbonyl (C=O) groups excluding carboxylic acids is 2. The lowest BCUT2D eigenvalue weighted by atomic mass is 10.0. The summed E-state index contributed by atoms with van der Waals surface area (Å²) in [6, 6.07) is -0.624. The quantitative estimate of drug-likeness (QED) is 0.0321. The van der Waals surface area contributed by atoms with Crippen LogP contribution in [0.5, 0.6) is 0 Å². The van der Waals surface area contributed by atoms with Crippen molar-refractivity contribution in [3.8, 4) is 0 Å². The van der Waals surface area contributed by atoms with E-state index in [1.165, 1.54) is 257 Å². The number of unbranched alkanes of at least 4 members (excludes halogenated alkanes) is 43. The van der Waals surface area contributed by atoms with Gasteiger partial charge in [-0.1, -0.05) is 282 Å². The predicted octanol–water partition coefficient (Wildman–Crippen LogP) is 18.6. The van der Waals surface area contributed by atoms with Crippen LogP contribution in [0.3, 0.4) is 0 Å². The first-order chi connectivity index (χ1) is 33.0. The van der Waals surface area contributed by atoms with Crippen molar-refractivity contribution in [2.24, 2.45) is 0 Å². The molecule has 0 radical (unpaired) electrons. The van der Waals surface area contributed by atoms with Gasteiger partial charge < -0.3 is 20.3 Å². The standard InChI is InChI=1S/C61H117NO5/c1-3-5-7-9-11-13-15-33-37-41-45-49-53-59(64)58(57-63)62-60(65)54-50-46-42-38-34-31-29-27-25-23-21-19-17-18-20-22-24-26-28-30-32-36-40-44-48-52-56-67-61(66)55-51-47-43-39-35-16-14-12-10-8-6-4-2/h12,14,49,53,58-59,63-64H,3-11,13,15-48,50-52,54-57H2,1-2H3,(H,62,65)/b14-12-,53-49+. The second-order valence-corrected chi connectivity index (χ2v) is 20.7. The Kier molecular flexibility index (Phi) is 55.5. The number of carbonyl (C=O) groups is 2. The smallest absolute Gasteiger partial charge is 0.305 e. The van der Waals surface area contributed by atoms with E-state index in [1.54, 1.807) is 6.08 Å². The van der Waals surface area contributed by atoms with Gasteiger partial charge in [0, 0.05) is 12.8 Å². The number of rotatable bonds is 56. The van der Waals surface area contributed by atoms with Gasteiger partial charge in [0.2, 0.25) is 5.91 Å². The zero-order valence-corrected chi connectivity index (χ0v) is 45.1. The van der Waals surface area contributed by atoms with Crippen LogP contribution in [0.2, 0.25) is 0 Å². The first-order valence-electron chi connectivity index (χ1n) is 30.1. The lowest BCUT2D eigenvalue weighted by molar-refractivity contribution is -0.143. The molecule has 0 aromatic rings. The van der Waals surface area contributed by atoms with Crippen LogP contribution in [0.4, 0.5) is 0 Å². The number of aliphatic hydroxyl groups excluding tert-OH is 2. The molecule has 396 valence electrons. The summed E-state index contributed by atoms with van der Waals surface area (Å²) in [4.78, 5) is 24.4. The van der Waals surface area contributed by atoms with Gasteiger partial charge in [-0.15, -0.1) is 0 Å². The van der Waals surface area contributed by atoms with Crippen molar-refractivity contribution >= 4 is 11.9 Å². The van der Waals surface area contributed by atoms with Gasteiger partial charge in [0.05, 0.1) is 25.4 Å². The van der Waals surface area contributed by atoms with Crippen molar-refractivity contribution in [2.45, 2.75) is 341 Å². The molecule has 0 aliphatic carbocycles. The molecule has 0 aliphatic heterocycles. The lowest BCUT2D eigenvalue weighted by Gasteiger charge is -2.20. The molecule has 0 heterocycles. The molecule has 2 atom stereocenters. The first kappa shape index (κ1) is 65.3. The van der Waals surface area contributed by atoms with Crippen LogP contribution >= 0.6 is 0 Å². The van der Waals surface area contributed by atoms with Crippen molar-refractivity contribution in [3.63, 3.8) is 0 Å². The number of amides is 1. The minimum atomic E-state index is -0.841. The van der Waals surface area contributed by atoms with E-state index in [0.29, 0.717) is 19.4 Å². The molecule has 0 saturated heterocycles. The van der Waals surface area contributed by atoms with Crippen molar-refractivity contribution in [3.05, 3.63) is 24.3 Å². The summed E-state index contributed by atoms with van der Waals surface area (Å²) in [5.74, 6) is -0.0589. The fourth-order valence-electron chi connectivity index (χ4n) is 9.34. The van der Waals surface area contributed by atoms with Gasteiger partial charge in [0.15, 0.2) is 0 Å². The highest BCUT2D eigenvalue weighted by molar-refractivity contribution is 5.76. The molecule has 6 heteroatoms. The molecule has 67 heavy (non-hydrogen) atoms. The van der Waals surface area contributed by atoms with E-state index in [1.807, 2.05) is 6.08 Å². The van der Waals surface area contributed by atoms with E-state index in [9.17, 15) is 19.8 Å². The zero-order valence-electron chi connectivity index (χ0n) is 45.1. The van der Waals surface area contributed by atoms with E-state index >= 15 is 0 Å².